The normalized spacial score (nSPS) is 42.0. The summed E-state index contributed by atoms with van der Waals surface area (Å²) >= 11 is 7.90. The van der Waals surface area contributed by atoms with Gasteiger partial charge >= 0.3 is 5.97 Å². The molecule has 1 heterocycles. The highest BCUT2D eigenvalue weighted by atomic mass is 35.5. The molecule has 0 N–H and O–H groups in total. The first-order valence-corrected chi connectivity index (χ1v) is 15.8. The Balaban J connectivity index is 1.26. The van der Waals surface area contributed by atoms with Gasteiger partial charge in [-0.3, -0.25) is 4.98 Å². The first kappa shape index (κ1) is 27.5. The average molecular weight is 528 g/mol. The molecule has 0 amide bonds. The van der Waals surface area contributed by atoms with Gasteiger partial charge in [-0.15, -0.1) is 11.6 Å². The summed E-state index contributed by atoms with van der Waals surface area (Å²) in [5, 5.41) is 0. The number of hydrogen-bond acceptors (Lipinski definition) is 3. The minimum Gasteiger partial charge on any atom is -0.459 e. The number of nitrogens with zero attached hydrogens (tertiary/aromatic N) is 1. The van der Waals surface area contributed by atoms with Crippen LogP contribution in [0, 0.1) is 46.3 Å². The van der Waals surface area contributed by atoms with Gasteiger partial charge in [0.1, 0.15) is 6.10 Å². The zero-order chi connectivity index (χ0) is 26.4. The zero-order valence-electron chi connectivity index (χ0n) is 24.0. The summed E-state index contributed by atoms with van der Waals surface area (Å²) in [4.78, 5) is 16.7. The Bertz CT molecular complexity index is 951. The third-order valence-corrected chi connectivity index (χ3v) is 13.0. The second kappa shape index (κ2) is 10.5. The summed E-state index contributed by atoms with van der Waals surface area (Å²) < 4.78 is 5.99. The van der Waals surface area contributed by atoms with Crippen LogP contribution < -0.4 is 0 Å². The molecule has 4 saturated carbocycles. The zero-order valence-corrected chi connectivity index (χ0v) is 24.7. The maximum absolute atomic E-state index is 12.7. The second-order valence-electron chi connectivity index (χ2n) is 14.3. The van der Waals surface area contributed by atoms with Crippen LogP contribution in [0.2, 0.25) is 0 Å². The van der Waals surface area contributed by atoms with Gasteiger partial charge in [-0.25, -0.2) is 4.79 Å². The van der Waals surface area contributed by atoms with Crippen molar-refractivity contribution in [2.75, 3.05) is 0 Å². The Morgan fingerprint density at radius 1 is 1.05 bits per heavy atom. The lowest BCUT2D eigenvalue weighted by atomic mass is 9.44. The molecule has 0 saturated heterocycles. The maximum atomic E-state index is 12.7. The molecule has 4 heteroatoms. The highest BCUT2D eigenvalue weighted by Gasteiger charge is 2.67. The summed E-state index contributed by atoms with van der Waals surface area (Å²) in [5.74, 6) is 4.22. The lowest BCUT2D eigenvalue weighted by Gasteiger charge is -2.65. The fraction of sp³-hybridized carbons (Fsp3) is 0.818. The van der Waals surface area contributed by atoms with Gasteiger partial charge in [0.25, 0.3) is 0 Å². The van der Waals surface area contributed by atoms with Gasteiger partial charge < -0.3 is 4.74 Å². The molecule has 4 unspecified atom stereocenters. The topological polar surface area (TPSA) is 39.2 Å². The van der Waals surface area contributed by atoms with Crippen molar-refractivity contribution in [1.82, 2.24) is 4.98 Å². The standard InChI is InChI=1S/C33H50ClNO2/c1-22(2)8-6-9-23(3)27-13-14-28-29-12-11-25-20-26(37-30(36)24-10-7-19-35-21-24)15-16-32(25,5)33(29,34)18-17-31(27,28)4/h7,10,19,21-23,25-29H,6,8-9,11-18,20H2,1-5H3/t23-,25?,26-,27-,28?,29?,31-,32+,33?/m1/s1. The van der Waals surface area contributed by atoms with E-state index in [0.29, 0.717) is 22.8 Å². The summed E-state index contributed by atoms with van der Waals surface area (Å²) in [6.07, 6.45) is 18.1. The number of carbonyl (C=O) groups is 1. The van der Waals surface area contributed by atoms with Crippen LogP contribution in [0.25, 0.3) is 0 Å². The van der Waals surface area contributed by atoms with Gasteiger partial charge in [0.15, 0.2) is 0 Å². The number of hydrogen-bond donors (Lipinski definition) is 0. The third-order valence-electron chi connectivity index (χ3n) is 12.1. The smallest absolute Gasteiger partial charge is 0.339 e. The van der Waals surface area contributed by atoms with E-state index >= 15 is 0 Å². The Kier molecular flexibility index (Phi) is 7.78. The fourth-order valence-corrected chi connectivity index (χ4v) is 10.5. The molecule has 3 nitrogen and oxygen atoms in total. The van der Waals surface area contributed by atoms with Crippen molar-refractivity contribution in [3.8, 4) is 0 Å². The van der Waals surface area contributed by atoms with E-state index in [1.807, 2.05) is 0 Å². The number of fused-ring (bicyclic) bond motifs is 5. The lowest BCUT2D eigenvalue weighted by Crippen LogP contribution is -2.63. The SMILES string of the molecule is CC(C)CCC[C@@H](C)[C@H]1CCC2C3CCC4C[C@H](OC(=O)c5cccnc5)CC[C@]4(C)C3(Cl)CC[C@@]21C. The largest absolute Gasteiger partial charge is 0.459 e. The number of esters is 1. The Hall–Kier alpha value is -1.09. The molecule has 4 aliphatic carbocycles. The van der Waals surface area contributed by atoms with Gasteiger partial charge in [0.2, 0.25) is 0 Å². The number of pyridine rings is 1. The van der Waals surface area contributed by atoms with E-state index < -0.39 is 0 Å². The van der Waals surface area contributed by atoms with Crippen molar-refractivity contribution in [1.29, 1.82) is 0 Å². The molecule has 4 aliphatic rings. The monoisotopic (exact) mass is 527 g/mol. The number of rotatable bonds is 7. The van der Waals surface area contributed by atoms with Crippen molar-refractivity contribution in [3.63, 3.8) is 0 Å². The number of aromatic nitrogens is 1. The van der Waals surface area contributed by atoms with E-state index in [4.69, 9.17) is 16.3 Å². The van der Waals surface area contributed by atoms with E-state index in [9.17, 15) is 4.79 Å². The van der Waals surface area contributed by atoms with Crippen molar-refractivity contribution >= 4 is 17.6 Å². The maximum Gasteiger partial charge on any atom is 0.339 e. The molecule has 0 bridgehead atoms. The average Bonchev–Trinajstić information content (AvgIpc) is 3.22. The van der Waals surface area contributed by atoms with Crippen molar-refractivity contribution in [2.24, 2.45) is 46.3 Å². The molecule has 1 aromatic rings. The van der Waals surface area contributed by atoms with E-state index in [0.717, 1.165) is 49.4 Å². The Morgan fingerprint density at radius 3 is 2.57 bits per heavy atom. The van der Waals surface area contributed by atoms with E-state index in [1.54, 1.807) is 24.5 Å². The van der Waals surface area contributed by atoms with Crippen molar-refractivity contribution in [2.45, 2.75) is 123 Å². The van der Waals surface area contributed by atoms with Crippen LogP contribution in [0.1, 0.15) is 122 Å². The Morgan fingerprint density at radius 2 is 1.84 bits per heavy atom. The summed E-state index contributed by atoms with van der Waals surface area (Å²) in [5.41, 5.74) is 1.14. The van der Waals surface area contributed by atoms with Crippen LogP contribution in [0.5, 0.6) is 0 Å². The van der Waals surface area contributed by atoms with E-state index in [2.05, 4.69) is 39.6 Å². The second-order valence-corrected chi connectivity index (χ2v) is 15.0. The van der Waals surface area contributed by atoms with E-state index in [-0.39, 0.29) is 22.4 Å². The van der Waals surface area contributed by atoms with Crippen LogP contribution in [-0.4, -0.2) is 21.9 Å². The van der Waals surface area contributed by atoms with Crippen molar-refractivity contribution in [3.05, 3.63) is 30.1 Å². The van der Waals surface area contributed by atoms with Crippen LogP contribution in [0.3, 0.4) is 0 Å². The quantitative estimate of drug-likeness (QED) is 0.262. The number of carbonyl (C=O) groups excluding carboxylic acids is 1. The molecule has 9 atom stereocenters. The lowest BCUT2D eigenvalue weighted by molar-refractivity contribution is -0.115. The van der Waals surface area contributed by atoms with Crippen LogP contribution in [-0.2, 0) is 4.74 Å². The predicted octanol–water partition coefficient (Wildman–Crippen LogP) is 9.09. The highest BCUT2D eigenvalue weighted by Crippen LogP contribution is 2.72. The first-order chi connectivity index (χ1) is 17.6. The third kappa shape index (κ3) is 4.78. The minimum atomic E-state index is -0.232. The summed E-state index contributed by atoms with van der Waals surface area (Å²) in [6, 6.07) is 3.59. The molecule has 1 aromatic heterocycles. The minimum absolute atomic E-state index is 0.000922. The molecule has 0 aliphatic heterocycles. The molecule has 0 aromatic carbocycles. The molecule has 37 heavy (non-hydrogen) atoms. The molecule has 0 spiro atoms. The summed E-state index contributed by atoms with van der Waals surface area (Å²) in [7, 11) is 0. The predicted molar refractivity (Wildman–Crippen MR) is 152 cm³/mol. The van der Waals surface area contributed by atoms with Crippen LogP contribution >= 0.6 is 11.6 Å². The molecule has 206 valence electrons. The molecule has 4 fully saturated rings. The van der Waals surface area contributed by atoms with Gasteiger partial charge in [0, 0.05) is 12.4 Å². The molecular formula is C33H50ClNO2. The van der Waals surface area contributed by atoms with Gasteiger partial charge in [-0.05, 0) is 116 Å². The highest BCUT2D eigenvalue weighted by molar-refractivity contribution is 6.25. The Labute approximate surface area is 230 Å². The number of halogens is 1. The van der Waals surface area contributed by atoms with Crippen LogP contribution in [0.4, 0.5) is 0 Å². The molecule has 5 rings (SSSR count). The van der Waals surface area contributed by atoms with E-state index in [1.165, 1.54) is 51.4 Å². The van der Waals surface area contributed by atoms with Crippen LogP contribution in [0.15, 0.2) is 24.5 Å². The number of ether oxygens (including phenoxy) is 1. The molecule has 0 radical (unpaired) electrons. The number of alkyl halides is 1. The van der Waals surface area contributed by atoms with Gasteiger partial charge in [-0.1, -0.05) is 53.9 Å². The fourth-order valence-electron chi connectivity index (χ4n) is 9.94. The summed E-state index contributed by atoms with van der Waals surface area (Å²) in [6.45, 7) is 12.4. The van der Waals surface area contributed by atoms with Crippen molar-refractivity contribution < 1.29 is 9.53 Å². The first-order valence-electron chi connectivity index (χ1n) is 15.4. The van der Waals surface area contributed by atoms with Gasteiger partial charge in [-0.2, -0.15) is 0 Å². The molecular weight excluding hydrogens is 478 g/mol. The van der Waals surface area contributed by atoms with Gasteiger partial charge in [0.05, 0.1) is 10.4 Å².